The van der Waals surface area contributed by atoms with Crippen LogP contribution in [-0.4, -0.2) is 11.0 Å². The molecule has 2 nitrogen and oxygen atoms in total. The number of aryl methyl sites for hydroxylation is 1. The van der Waals surface area contributed by atoms with E-state index in [9.17, 15) is 0 Å². The Bertz CT molecular complexity index is 470. The van der Waals surface area contributed by atoms with Gasteiger partial charge in [-0.25, -0.2) is 0 Å². The van der Waals surface area contributed by atoms with Gasteiger partial charge in [0.15, 0.2) is 0 Å². The number of hydrogen-bond acceptors (Lipinski definition) is 1. The van der Waals surface area contributed by atoms with Gasteiger partial charge in [-0.2, -0.15) is 0 Å². The highest BCUT2D eigenvalue weighted by Gasteiger charge is 2.17. The molecule has 0 fully saturated rings. The van der Waals surface area contributed by atoms with Crippen LogP contribution >= 0.6 is 0 Å². The van der Waals surface area contributed by atoms with Gasteiger partial charge in [0.2, 0.25) is 0 Å². The molecule has 0 bridgehead atoms. The summed E-state index contributed by atoms with van der Waals surface area (Å²) in [6.07, 6.45) is 5.30. The molecule has 1 unspecified atom stereocenters. The van der Waals surface area contributed by atoms with E-state index in [-0.39, 0.29) is 0 Å². The summed E-state index contributed by atoms with van der Waals surface area (Å²) >= 11 is 0. The topological polar surface area (TPSA) is 41.8 Å². The average molecular weight is 186 g/mol. The van der Waals surface area contributed by atoms with Gasteiger partial charge in [-0.3, -0.25) is 0 Å². The molecule has 2 heteroatoms. The molecule has 0 amide bonds. The molecular weight excluding hydrogens is 172 g/mol. The molecule has 0 saturated heterocycles. The second-order valence-electron chi connectivity index (χ2n) is 4.15. The van der Waals surface area contributed by atoms with Crippen LogP contribution in [0.4, 0.5) is 0 Å². The number of nitrogens with two attached hydrogens (primary N) is 1. The third-order valence-electron chi connectivity index (χ3n) is 3.19. The molecule has 2 aromatic rings. The molecule has 3 N–H and O–H groups in total. The van der Waals surface area contributed by atoms with Crippen LogP contribution in [0.5, 0.6) is 0 Å². The van der Waals surface area contributed by atoms with Crippen LogP contribution in [0.2, 0.25) is 0 Å². The molecular formula is C12H14N2. The van der Waals surface area contributed by atoms with Gasteiger partial charge in [-0.1, -0.05) is 6.07 Å². The van der Waals surface area contributed by atoms with E-state index in [1.807, 2.05) is 6.20 Å². The van der Waals surface area contributed by atoms with E-state index in [1.54, 1.807) is 0 Å². The Labute approximate surface area is 83.1 Å². The van der Waals surface area contributed by atoms with Crippen molar-refractivity contribution in [1.29, 1.82) is 0 Å². The number of aromatic nitrogens is 1. The standard InChI is InChI=1S/C12H14N2/c13-9-2-3-10-8(7-9)1-4-12-11(10)5-6-14-12/h1,4-6,9,14H,2-3,7,13H2. The molecule has 0 saturated carbocycles. The molecule has 1 aliphatic carbocycles. The first kappa shape index (κ1) is 8.06. The lowest BCUT2D eigenvalue weighted by molar-refractivity contribution is 0.579. The predicted molar refractivity (Wildman–Crippen MR) is 58.3 cm³/mol. The Morgan fingerprint density at radius 1 is 1.29 bits per heavy atom. The van der Waals surface area contributed by atoms with E-state index < -0.39 is 0 Å². The summed E-state index contributed by atoms with van der Waals surface area (Å²) in [4.78, 5) is 3.25. The van der Waals surface area contributed by atoms with Gasteiger partial charge < -0.3 is 10.7 Å². The highest BCUT2D eigenvalue weighted by Crippen LogP contribution is 2.27. The number of benzene rings is 1. The van der Waals surface area contributed by atoms with Crippen molar-refractivity contribution in [2.45, 2.75) is 25.3 Å². The van der Waals surface area contributed by atoms with E-state index in [1.165, 1.54) is 22.0 Å². The number of aromatic amines is 1. The van der Waals surface area contributed by atoms with E-state index in [0.29, 0.717) is 6.04 Å². The van der Waals surface area contributed by atoms with Crippen molar-refractivity contribution in [2.75, 3.05) is 0 Å². The van der Waals surface area contributed by atoms with E-state index in [4.69, 9.17) is 5.73 Å². The van der Waals surface area contributed by atoms with Crippen LogP contribution in [0.25, 0.3) is 10.9 Å². The van der Waals surface area contributed by atoms with Crippen molar-refractivity contribution in [3.63, 3.8) is 0 Å². The van der Waals surface area contributed by atoms with Gasteiger partial charge in [0.1, 0.15) is 0 Å². The van der Waals surface area contributed by atoms with Gasteiger partial charge in [-0.05, 0) is 42.5 Å². The second-order valence-corrected chi connectivity index (χ2v) is 4.15. The molecule has 1 atom stereocenters. The summed E-state index contributed by atoms with van der Waals surface area (Å²) in [5.41, 5.74) is 10.2. The maximum absolute atomic E-state index is 5.96. The fourth-order valence-corrected chi connectivity index (χ4v) is 2.44. The zero-order valence-electron chi connectivity index (χ0n) is 8.09. The quantitative estimate of drug-likeness (QED) is 0.649. The Morgan fingerprint density at radius 3 is 3.14 bits per heavy atom. The van der Waals surface area contributed by atoms with Crippen LogP contribution in [0, 0.1) is 0 Å². The Hall–Kier alpha value is -1.28. The summed E-state index contributed by atoms with van der Waals surface area (Å²) in [5.74, 6) is 0. The number of hydrogen-bond donors (Lipinski definition) is 2. The summed E-state index contributed by atoms with van der Waals surface area (Å²) in [6.45, 7) is 0. The van der Waals surface area contributed by atoms with E-state index >= 15 is 0 Å². The summed E-state index contributed by atoms with van der Waals surface area (Å²) in [6, 6.07) is 6.91. The molecule has 3 rings (SSSR count). The van der Waals surface area contributed by atoms with Crippen molar-refractivity contribution in [1.82, 2.24) is 4.98 Å². The van der Waals surface area contributed by atoms with Crippen molar-refractivity contribution in [3.8, 4) is 0 Å². The first-order valence-corrected chi connectivity index (χ1v) is 5.18. The summed E-state index contributed by atoms with van der Waals surface area (Å²) in [5, 5.41) is 1.38. The number of rotatable bonds is 0. The van der Waals surface area contributed by atoms with Crippen LogP contribution in [0.15, 0.2) is 24.4 Å². The molecule has 14 heavy (non-hydrogen) atoms. The van der Waals surface area contributed by atoms with Crippen LogP contribution in [0.3, 0.4) is 0 Å². The van der Waals surface area contributed by atoms with Crippen molar-refractivity contribution in [2.24, 2.45) is 5.73 Å². The second kappa shape index (κ2) is 2.85. The molecule has 1 aromatic heterocycles. The molecule has 1 aromatic carbocycles. The van der Waals surface area contributed by atoms with Gasteiger partial charge >= 0.3 is 0 Å². The molecule has 72 valence electrons. The van der Waals surface area contributed by atoms with Gasteiger partial charge in [0.25, 0.3) is 0 Å². The smallest absolute Gasteiger partial charge is 0.0456 e. The lowest BCUT2D eigenvalue weighted by Gasteiger charge is -2.21. The average Bonchev–Trinajstić information content (AvgIpc) is 2.65. The fourth-order valence-electron chi connectivity index (χ4n) is 2.44. The third-order valence-corrected chi connectivity index (χ3v) is 3.19. The van der Waals surface area contributed by atoms with Crippen LogP contribution < -0.4 is 5.73 Å². The SMILES string of the molecule is NC1CCc2c(ccc3[nH]ccc23)C1. The number of nitrogens with one attached hydrogen (secondary N) is 1. The highest BCUT2D eigenvalue weighted by atomic mass is 14.7. The Kier molecular flexibility index (Phi) is 1.64. The molecule has 1 heterocycles. The number of fused-ring (bicyclic) bond motifs is 3. The number of H-pyrrole nitrogens is 1. The third kappa shape index (κ3) is 1.07. The monoisotopic (exact) mass is 186 g/mol. The fraction of sp³-hybridized carbons (Fsp3) is 0.333. The lowest BCUT2D eigenvalue weighted by atomic mass is 9.87. The Morgan fingerprint density at radius 2 is 2.21 bits per heavy atom. The van der Waals surface area contributed by atoms with E-state index in [0.717, 1.165) is 19.3 Å². The lowest BCUT2D eigenvalue weighted by Crippen LogP contribution is -2.27. The zero-order valence-corrected chi connectivity index (χ0v) is 8.09. The van der Waals surface area contributed by atoms with Crippen LogP contribution in [-0.2, 0) is 12.8 Å². The summed E-state index contributed by atoms with van der Waals surface area (Å²) < 4.78 is 0. The molecule has 0 spiro atoms. The van der Waals surface area contributed by atoms with E-state index in [2.05, 4.69) is 23.2 Å². The predicted octanol–water partition coefficient (Wildman–Crippen LogP) is 1.98. The maximum Gasteiger partial charge on any atom is 0.0456 e. The molecule has 1 aliphatic rings. The molecule has 0 aliphatic heterocycles. The zero-order chi connectivity index (χ0) is 9.54. The highest BCUT2D eigenvalue weighted by molar-refractivity contribution is 5.84. The maximum atomic E-state index is 5.96. The van der Waals surface area contributed by atoms with Crippen molar-refractivity contribution >= 4 is 10.9 Å². The first-order chi connectivity index (χ1) is 6.84. The normalized spacial score (nSPS) is 21.1. The summed E-state index contributed by atoms with van der Waals surface area (Å²) in [7, 11) is 0. The van der Waals surface area contributed by atoms with Crippen molar-refractivity contribution in [3.05, 3.63) is 35.5 Å². The van der Waals surface area contributed by atoms with Gasteiger partial charge in [-0.15, -0.1) is 0 Å². The van der Waals surface area contributed by atoms with Crippen LogP contribution in [0.1, 0.15) is 17.5 Å². The minimum absolute atomic E-state index is 0.360. The largest absolute Gasteiger partial charge is 0.361 e. The minimum Gasteiger partial charge on any atom is -0.361 e. The van der Waals surface area contributed by atoms with Gasteiger partial charge in [0, 0.05) is 23.1 Å². The first-order valence-electron chi connectivity index (χ1n) is 5.18. The minimum atomic E-state index is 0.360. The molecule has 0 radical (unpaired) electrons. The van der Waals surface area contributed by atoms with Gasteiger partial charge in [0.05, 0.1) is 0 Å². The Balaban J connectivity index is 2.24. The van der Waals surface area contributed by atoms with Crippen molar-refractivity contribution < 1.29 is 0 Å².